The third-order valence-electron chi connectivity index (χ3n) is 3.11. The van der Waals surface area contributed by atoms with Crippen LogP contribution in [0.25, 0.3) is 22.4 Å². The van der Waals surface area contributed by atoms with E-state index < -0.39 is 0 Å². The number of nitrogens with zero attached hydrogens (tertiary/aromatic N) is 1. The van der Waals surface area contributed by atoms with Crippen molar-refractivity contribution in [2.24, 2.45) is 0 Å². The summed E-state index contributed by atoms with van der Waals surface area (Å²) < 4.78 is 10.3. The average Bonchev–Trinajstić information content (AvgIpc) is 2.89. The normalized spacial score (nSPS) is 10.8. The van der Waals surface area contributed by atoms with Gasteiger partial charge in [-0.25, -0.2) is 4.98 Å². The zero-order valence-corrected chi connectivity index (χ0v) is 11.9. The summed E-state index contributed by atoms with van der Waals surface area (Å²) in [7, 11) is 3.23. The summed E-state index contributed by atoms with van der Waals surface area (Å²) in [6, 6.07) is 11.3. The van der Waals surface area contributed by atoms with Gasteiger partial charge >= 0.3 is 0 Å². The maximum absolute atomic E-state index is 6.14. The molecule has 0 aliphatic heterocycles. The maximum atomic E-state index is 6.14. The number of methoxy groups -OCH3 is 2. The summed E-state index contributed by atoms with van der Waals surface area (Å²) in [5.41, 5.74) is 2.71. The summed E-state index contributed by atoms with van der Waals surface area (Å²) >= 11 is 6.14. The number of ether oxygens (including phenoxy) is 2. The lowest BCUT2D eigenvalue weighted by atomic mass is 10.2. The predicted octanol–water partition coefficient (Wildman–Crippen LogP) is 3.90. The van der Waals surface area contributed by atoms with Gasteiger partial charge in [0.25, 0.3) is 0 Å². The predicted molar refractivity (Wildman–Crippen MR) is 79.6 cm³/mol. The Bertz CT molecular complexity index is 768. The van der Waals surface area contributed by atoms with Crippen molar-refractivity contribution in [1.29, 1.82) is 0 Å². The molecule has 0 fully saturated rings. The van der Waals surface area contributed by atoms with Crippen molar-refractivity contribution >= 4 is 22.6 Å². The Kier molecular flexibility index (Phi) is 3.24. The van der Waals surface area contributed by atoms with Crippen molar-refractivity contribution in [3.63, 3.8) is 0 Å². The minimum absolute atomic E-state index is 0.558. The van der Waals surface area contributed by atoms with E-state index >= 15 is 0 Å². The second-order valence-corrected chi connectivity index (χ2v) is 4.73. The Morgan fingerprint density at radius 3 is 2.60 bits per heavy atom. The Morgan fingerprint density at radius 2 is 1.90 bits per heavy atom. The van der Waals surface area contributed by atoms with E-state index in [0.717, 1.165) is 28.2 Å². The second-order valence-electron chi connectivity index (χ2n) is 4.32. The van der Waals surface area contributed by atoms with Crippen LogP contribution in [0.1, 0.15) is 0 Å². The zero-order valence-electron chi connectivity index (χ0n) is 11.1. The molecule has 0 unspecified atom stereocenters. The Morgan fingerprint density at radius 1 is 1.05 bits per heavy atom. The van der Waals surface area contributed by atoms with Crippen LogP contribution in [0.4, 0.5) is 0 Å². The van der Waals surface area contributed by atoms with Crippen LogP contribution in [0.5, 0.6) is 11.5 Å². The molecule has 4 nitrogen and oxygen atoms in total. The molecule has 0 aliphatic rings. The van der Waals surface area contributed by atoms with Crippen LogP contribution in [-0.4, -0.2) is 24.2 Å². The minimum atomic E-state index is 0.558. The number of hydrogen-bond donors (Lipinski definition) is 1. The molecule has 0 amide bonds. The number of aromatic amines is 1. The van der Waals surface area contributed by atoms with E-state index in [-0.39, 0.29) is 0 Å². The largest absolute Gasteiger partial charge is 0.497 e. The molecule has 0 aliphatic carbocycles. The summed E-state index contributed by atoms with van der Waals surface area (Å²) in [4.78, 5) is 7.81. The van der Waals surface area contributed by atoms with Gasteiger partial charge in [-0.2, -0.15) is 0 Å². The average molecular weight is 289 g/mol. The van der Waals surface area contributed by atoms with E-state index in [1.54, 1.807) is 14.2 Å². The van der Waals surface area contributed by atoms with Crippen LogP contribution < -0.4 is 9.47 Å². The highest BCUT2D eigenvalue weighted by molar-refractivity contribution is 6.32. The summed E-state index contributed by atoms with van der Waals surface area (Å²) in [5, 5.41) is 0.558. The fourth-order valence-corrected chi connectivity index (χ4v) is 2.32. The van der Waals surface area contributed by atoms with Gasteiger partial charge in [-0.3, -0.25) is 0 Å². The van der Waals surface area contributed by atoms with Crippen LogP contribution in [0, 0.1) is 0 Å². The van der Waals surface area contributed by atoms with E-state index in [4.69, 9.17) is 21.1 Å². The molecule has 3 aromatic rings. The molecule has 1 aromatic heterocycles. The van der Waals surface area contributed by atoms with Crippen LogP contribution in [0.3, 0.4) is 0 Å². The third-order valence-corrected chi connectivity index (χ3v) is 3.41. The fraction of sp³-hybridized carbons (Fsp3) is 0.133. The molecule has 0 radical (unpaired) electrons. The van der Waals surface area contributed by atoms with E-state index in [0.29, 0.717) is 10.8 Å². The van der Waals surface area contributed by atoms with E-state index in [1.807, 2.05) is 36.4 Å². The molecular weight excluding hydrogens is 276 g/mol. The van der Waals surface area contributed by atoms with Gasteiger partial charge in [0, 0.05) is 11.6 Å². The summed E-state index contributed by atoms with van der Waals surface area (Å²) in [6.07, 6.45) is 0. The van der Waals surface area contributed by atoms with Gasteiger partial charge in [-0.15, -0.1) is 0 Å². The second kappa shape index (κ2) is 5.06. The van der Waals surface area contributed by atoms with Crippen molar-refractivity contribution in [1.82, 2.24) is 9.97 Å². The topological polar surface area (TPSA) is 47.1 Å². The third kappa shape index (κ3) is 2.18. The first kappa shape index (κ1) is 12.8. The van der Waals surface area contributed by atoms with Crippen molar-refractivity contribution in [3.05, 3.63) is 41.4 Å². The lowest BCUT2D eigenvalue weighted by Crippen LogP contribution is -1.86. The summed E-state index contributed by atoms with van der Waals surface area (Å²) in [5.74, 6) is 2.20. The molecule has 102 valence electrons. The molecule has 0 bridgehead atoms. The van der Waals surface area contributed by atoms with E-state index in [2.05, 4.69) is 9.97 Å². The molecule has 0 saturated carbocycles. The highest BCUT2D eigenvalue weighted by atomic mass is 35.5. The number of imidazole rings is 1. The van der Waals surface area contributed by atoms with Crippen molar-refractivity contribution in [3.8, 4) is 22.9 Å². The Balaban J connectivity index is 2.07. The number of hydrogen-bond acceptors (Lipinski definition) is 3. The van der Waals surface area contributed by atoms with Gasteiger partial charge in [-0.1, -0.05) is 11.6 Å². The molecule has 0 saturated heterocycles. The quantitative estimate of drug-likeness (QED) is 0.795. The number of fused-ring (bicyclic) bond motifs is 1. The number of H-pyrrole nitrogens is 1. The highest BCUT2D eigenvalue weighted by Crippen LogP contribution is 2.30. The number of halogens is 1. The zero-order chi connectivity index (χ0) is 14.1. The van der Waals surface area contributed by atoms with Gasteiger partial charge in [0.05, 0.1) is 30.3 Å². The SMILES string of the molecule is COc1ccc2nc(-c3ccc(OC)c(Cl)c3)[nH]c2c1. The first-order chi connectivity index (χ1) is 9.71. The van der Waals surface area contributed by atoms with E-state index in [9.17, 15) is 0 Å². The van der Waals surface area contributed by atoms with Gasteiger partial charge in [0.2, 0.25) is 0 Å². The Labute approximate surface area is 121 Å². The number of benzene rings is 2. The fourth-order valence-electron chi connectivity index (χ4n) is 2.07. The van der Waals surface area contributed by atoms with Crippen LogP contribution >= 0.6 is 11.6 Å². The molecule has 5 heteroatoms. The lowest BCUT2D eigenvalue weighted by Gasteiger charge is -2.03. The molecule has 0 spiro atoms. The summed E-state index contributed by atoms with van der Waals surface area (Å²) in [6.45, 7) is 0. The Hall–Kier alpha value is -2.20. The minimum Gasteiger partial charge on any atom is -0.497 e. The van der Waals surface area contributed by atoms with Gasteiger partial charge in [0.15, 0.2) is 0 Å². The molecule has 1 N–H and O–H groups in total. The molecule has 0 atom stereocenters. The first-order valence-electron chi connectivity index (χ1n) is 6.09. The lowest BCUT2D eigenvalue weighted by molar-refractivity contribution is 0.415. The molecule has 3 rings (SSSR count). The van der Waals surface area contributed by atoms with Gasteiger partial charge in [-0.05, 0) is 30.3 Å². The van der Waals surface area contributed by atoms with Crippen LogP contribution in [0.15, 0.2) is 36.4 Å². The van der Waals surface area contributed by atoms with Crippen molar-refractivity contribution in [2.75, 3.05) is 14.2 Å². The van der Waals surface area contributed by atoms with Gasteiger partial charge in [0.1, 0.15) is 17.3 Å². The maximum Gasteiger partial charge on any atom is 0.138 e. The number of aromatic nitrogens is 2. The smallest absolute Gasteiger partial charge is 0.138 e. The van der Waals surface area contributed by atoms with Gasteiger partial charge < -0.3 is 14.5 Å². The molecule has 2 aromatic carbocycles. The van der Waals surface area contributed by atoms with Crippen LogP contribution in [-0.2, 0) is 0 Å². The molecule has 20 heavy (non-hydrogen) atoms. The van der Waals surface area contributed by atoms with Crippen molar-refractivity contribution < 1.29 is 9.47 Å². The standard InChI is InChI=1S/C15H13ClN2O2/c1-19-10-4-5-12-13(8-10)18-15(17-12)9-3-6-14(20-2)11(16)7-9/h3-8H,1-2H3,(H,17,18). The molecular formula is C15H13ClN2O2. The van der Waals surface area contributed by atoms with E-state index in [1.165, 1.54) is 0 Å². The monoisotopic (exact) mass is 288 g/mol. The highest BCUT2D eigenvalue weighted by Gasteiger charge is 2.08. The number of rotatable bonds is 3. The first-order valence-corrected chi connectivity index (χ1v) is 6.46. The van der Waals surface area contributed by atoms with Crippen molar-refractivity contribution in [2.45, 2.75) is 0 Å². The molecule has 1 heterocycles. The number of nitrogens with one attached hydrogen (secondary N) is 1. The van der Waals surface area contributed by atoms with Crippen LogP contribution in [0.2, 0.25) is 5.02 Å².